The molecule has 12 heteroatoms. The monoisotopic (exact) mass is 673 g/mol. The summed E-state index contributed by atoms with van der Waals surface area (Å²) in [5, 5.41) is 1.01. The lowest BCUT2D eigenvalue weighted by Gasteiger charge is -2.35. The number of hydrogen-bond donors (Lipinski definition) is 1. The van der Waals surface area contributed by atoms with Crippen LogP contribution in [0.1, 0.15) is 72.3 Å². The van der Waals surface area contributed by atoms with Crippen molar-refractivity contribution in [3.8, 4) is 17.0 Å². The summed E-state index contributed by atoms with van der Waals surface area (Å²) in [4.78, 5) is 44.0. The first-order valence-electron chi connectivity index (χ1n) is 16.9. The zero-order valence-electron chi connectivity index (χ0n) is 27.8. The molecule has 2 aliphatic heterocycles. The van der Waals surface area contributed by atoms with Crippen LogP contribution in [-0.2, 0) is 26.3 Å². The maximum atomic E-state index is 14.3. The van der Waals surface area contributed by atoms with E-state index in [2.05, 4.69) is 15.4 Å². The van der Waals surface area contributed by atoms with Crippen LogP contribution in [0.15, 0.2) is 42.0 Å². The van der Waals surface area contributed by atoms with Gasteiger partial charge in [0.25, 0.3) is 11.8 Å². The molecule has 0 bridgehead atoms. The van der Waals surface area contributed by atoms with Crippen molar-refractivity contribution in [2.24, 2.45) is 5.92 Å². The molecule has 3 fully saturated rings. The highest BCUT2D eigenvalue weighted by atomic mass is 32.2. The Bertz CT molecular complexity index is 1930. The summed E-state index contributed by atoms with van der Waals surface area (Å²) >= 11 is 0. The van der Waals surface area contributed by atoms with E-state index in [0.717, 1.165) is 70.6 Å². The second-order valence-electron chi connectivity index (χ2n) is 13.6. The van der Waals surface area contributed by atoms with Gasteiger partial charge in [-0.2, -0.15) is 12.7 Å². The molecule has 2 saturated carbocycles. The van der Waals surface area contributed by atoms with Crippen LogP contribution in [-0.4, -0.2) is 92.2 Å². The van der Waals surface area contributed by atoms with Crippen LogP contribution >= 0.6 is 0 Å². The quantitative estimate of drug-likeness (QED) is 0.398. The summed E-state index contributed by atoms with van der Waals surface area (Å²) in [6, 6.07) is 11.3. The number of nitrogens with zero attached hydrogens (tertiary/aromatic N) is 4. The Balaban J connectivity index is 1.33. The second-order valence-corrected chi connectivity index (χ2v) is 15.5. The Hall–Kier alpha value is -4.16. The van der Waals surface area contributed by atoms with E-state index in [0.29, 0.717) is 43.4 Å². The summed E-state index contributed by atoms with van der Waals surface area (Å²) in [5.74, 6) is 0.543. The number of aromatic nitrogens is 1. The normalized spacial score (nSPS) is 18.6. The van der Waals surface area contributed by atoms with E-state index in [4.69, 9.17) is 4.74 Å². The van der Waals surface area contributed by atoms with Crippen LogP contribution in [0, 0.1) is 5.92 Å². The molecule has 1 saturated heterocycles. The Morgan fingerprint density at radius 2 is 1.60 bits per heavy atom. The van der Waals surface area contributed by atoms with Gasteiger partial charge in [-0.1, -0.05) is 25.3 Å². The fourth-order valence-electron chi connectivity index (χ4n) is 7.50. The molecule has 3 aromatic rings. The predicted octanol–water partition coefficient (Wildman–Crippen LogP) is 4.38. The molecule has 1 N–H and O–H groups in total. The molecular weight excluding hydrogens is 630 g/mol. The molecule has 0 unspecified atom stereocenters. The number of carbonyl (C=O) groups is 3. The van der Waals surface area contributed by atoms with Gasteiger partial charge in [0.15, 0.2) is 0 Å². The minimum Gasteiger partial charge on any atom is -0.497 e. The average molecular weight is 674 g/mol. The number of carbonyl (C=O) groups excluding carboxylic acids is 3. The lowest BCUT2D eigenvalue weighted by Crippen LogP contribution is -2.51. The molecule has 2 aliphatic carbocycles. The van der Waals surface area contributed by atoms with Gasteiger partial charge >= 0.3 is 10.2 Å². The Kier molecular flexibility index (Phi) is 8.57. The SMILES string of the molecule is COc1ccc2c(c1)C=C(C(=O)N1CCN(C(=O)C3CC3)CC1)Cn1c-2c(C2CCCCC2)c2ccc(C(=O)NS(=O)(=O)N(C)C)cc21. The van der Waals surface area contributed by atoms with Gasteiger partial charge in [0, 0.05) is 73.8 Å². The van der Waals surface area contributed by atoms with E-state index in [1.807, 2.05) is 34.1 Å². The average Bonchev–Trinajstić information content (AvgIpc) is 3.92. The Morgan fingerprint density at radius 3 is 2.27 bits per heavy atom. The van der Waals surface area contributed by atoms with E-state index >= 15 is 0 Å². The molecule has 254 valence electrons. The van der Waals surface area contributed by atoms with E-state index in [1.165, 1.54) is 26.1 Å². The van der Waals surface area contributed by atoms with Crippen molar-refractivity contribution in [2.75, 3.05) is 47.4 Å². The highest BCUT2D eigenvalue weighted by Gasteiger charge is 2.36. The summed E-state index contributed by atoms with van der Waals surface area (Å²) in [7, 11) is 0.367. The topological polar surface area (TPSA) is 121 Å². The summed E-state index contributed by atoms with van der Waals surface area (Å²) in [5.41, 5.74) is 5.69. The number of benzene rings is 2. The van der Waals surface area contributed by atoms with E-state index in [9.17, 15) is 22.8 Å². The third-order valence-corrected chi connectivity index (χ3v) is 11.7. The van der Waals surface area contributed by atoms with Crippen LogP contribution in [0.4, 0.5) is 0 Å². The molecular formula is C36H43N5O6S. The van der Waals surface area contributed by atoms with Crippen LogP contribution in [0.3, 0.4) is 0 Å². The van der Waals surface area contributed by atoms with Gasteiger partial charge in [0.1, 0.15) is 5.75 Å². The molecule has 3 heterocycles. The first-order valence-corrected chi connectivity index (χ1v) is 18.4. The number of piperazine rings is 1. The molecule has 2 aromatic carbocycles. The van der Waals surface area contributed by atoms with Crippen molar-refractivity contribution in [1.82, 2.24) is 23.4 Å². The fourth-order valence-corrected chi connectivity index (χ4v) is 8.04. The van der Waals surface area contributed by atoms with Gasteiger partial charge in [-0.25, -0.2) is 4.72 Å². The number of hydrogen-bond acceptors (Lipinski definition) is 6. The van der Waals surface area contributed by atoms with Gasteiger partial charge in [-0.05, 0) is 79.1 Å². The zero-order chi connectivity index (χ0) is 33.7. The molecule has 11 nitrogen and oxygen atoms in total. The maximum absolute atomic E-state index is 14.3. The summed E-state index contributed by atoms with van der Waals surface area (Å²) in [6.07, 6.45) is 9.43. The van der Waals surface area contributed by atoms with Crippen molar-refractivity contribution in [2.45, 2.75) is 57.4 Å². The van der Waals surface area contributed by atoms with Crippen molar-refractivity contribution in [1.29, 1.82) is 0 Å². The predicted molar refractivity (Wildman–Crippen MR) is 184 cm³/mol. The van der Waals surface area contributed by atoms with Gasteiger partial charge in [0.2, 0.25) is 5.91 Å². The minimum absolute atomic E-state index is 0.0813. The van der Waals surface area contributed by atoms with Crippen molar-refractivity contribution >= 4 is 44.9 Å². The number of amides is 3. The third-order valence-electron chi connectivity index (χ3n) is 10.3. The van der Waals surface area contributed by atoms with Crippen LogP contribution in [0.2, 0.25) is 0 Å². The van der Waals surface area contributed by atoms with Crippen LogP contribution in [0.25, 0.3) is 28.2 Å². The molecule has 1 aromatic heterocycles. The first kappa shape index (κ1) is 32.4. The minimum atomic E-state index is -3.99. The highest BCUT2D eigenvalue weighted by Crippen LogP contribution is 2.47. The van der Waals surface area contributed by atoms with Crippen LogP contribution < -0.4 is 9.46 Å². The molecule has 4 aliphatic rings. The van der Waals surface area contributed by atoms with E-state index in [-0.39, 0.29) is 29.8 Å². The molecule has 0 radical (unpaired) electrons. The summed E-state index contributed by atoms with van der Waals surface area (Å²) in [6.45, 7) is 2.26. The molecule has 0 atom stereocenters. The van der Waals surface area contributed by atoms with Crippen molar-refractivity contribution < 1.29 is 27.5 Å². The number of nitrogens with one attached hydrogen (secondary N) is 1. The van der Waals surface area contributed by atoms with Crippen molar-refractivity contribution in [3.05, 3.63) is 58.7 Å². The Labute approximate surface area is 281 Å². The lowest BCUT2D eigenvalue weighted by atomic mass is 9.81. The Morgan fingerprint density at radius 1 is 0.896 bits per heavy atom. The zero-order valence-corrected chi connectivity index (χ0v) is 28.6. The number of ether oxygens (including phenoxy) is 1. The van der Waals surface area contributed by atoms with Gasteiger partial charge in [-0.15, -0.1) is 0 Å². The highest BCUT2D eigenvalue weighted by molar-refractivity contribution is 7.87. The van der Waals surface area contributed by atoms with Gasteiger partial charge in [0.05, 0.1) is 19.3 Å². The van der Waals surface area contributed by atoms with E-state index in [1.54, 1.807) is 19.2 Å². The largest absolute Gasteiger partial charge is 0.497 e. The lowest BCUT2D eigenvalue weighted by molar-refractivity contribution is -0.138. The fraction of sp³-hybridized carbons (Fsp3) is 0.472. The molecule has 48 heavy (non-hydrogen) atoms. The second kappa shape index (κ2) is 12.7. The van der Waals surface area contributed by atoms with E-state index < -0.39 is 16.1 Å². The molecule has 0 spiro atoms. The number of methoxy groups -OCH3 is 1. The standard InChI is InChI=1S/C36H43N5O6S/c1-38(2)48(45,46)37-34(42)25-11-13-30-31(21-25)41-22-27(36(44)40-17-15-39(16-18-40)35(43)24-9-10-24)19-26-20-28(47-3)12-14-29(26)33(41)32(30)23-7-5-4-6-8-23/h11-14,19-21,23-24H,4-10,15-18,22H2,1-3H3,(H,37,42). The maximum Gasteiger partial charge on any atom is 0.303 e. The third kappa shape index (κ3) is 6.00. The summed E-state index contributed by atoms with van der Waals surface area (Å²) < 4.78 is 35.9. The smallest absolute Gasteiger partial charge is 0.303 e. The van der Waals surface area contributed by atoms with Crippen molar-refractivity contribution in [3.63, 3.8) is 0 Å². The first-order chi connectivity index (χ1) is 23.1. The molecule has 7 rings (SSSR count). The molecule has 3 amide bonds. The van der Waals surface area contributed by atoms with Gasteiger partial charge in [-0.3, -0.25) is 14.4 Å². The van der Waals surface area contributed by atoms with Crippen LogP contribution in [0.5, 0.6) is 5.75 Å². The number of fused-ring (bicyclic) bond motifs is 5. The van der Waals surface area contributed by atoms with Gasteiger partial charge < -0.3 is 19.1 Å². The number of rotatable bonds is 7.